The quantitative estimate of drug-likeness (QED) is 0.850. The number of nitrogens with zero attached hydrogens (tertiary/aromatic N) is 1. The molecule has 1 aromatic rings. The average molecular weight is 290 g/mol. The molecule has 0 amide bonds. The van der Waals surface area contributed by atoms with Crippen LogP contribution >= 0.6 is 11.8 Å². The number of thioether (sulfide) groups is 1. The van der Waals surface area contributed by atoms with Crippen LogP contribution in [-0.2, 0) is 0 Å². The van der Waals surface area contributed by atoms with Crippen molar-refractivity contribution >= 4 is 17.4 Å². The number of nitrogens with one attached hydrogen (secondary N) is 1. The molecule has 1 aliphatic carbocycles. The Morgan fingerprint density at radius 1 is 1.30 bits per heavy atom. The summed E-state index contributed by atoms with van der Waals surface area (Å²) >= 11 is 1.87. The average Bonchev–Trinajstić information content (AvgIpc) is 2.95. The van der Waals surface area contributed by atoms with Crippen LogP contribution in [0.4, 0.5) is 5.69 Å². The molecule has 1 aliphatic heterocycles. The van der Waals surface area contributed by atoms with Crippen LogP contribution in [0.25, 0.3) is 0 Å². The summed E-state index contributed by atoms with van der Waals surface area (Å²) in [5, 5.41) is 3.88. The smallest absolute Gasteiger partial charge is 0.0507 e. The Morgan fingerprint density at radius 3 is 2.75 bits per heavy atom. The van der Waals surface area contributed by atoms with Crippen LogP contribution in [0.5, 0.6) is 0 Å². The summed E-state index contributed by atoms with van der Waals surface area (Å²) in [5.41, 5.74) is 1.83. The molecule has 1 heterocycles. The molecule has 3 rings (SSSR count). The fourth-order valence-corrected chi connectivity index (χ4v) is 4.46. The Hall–Kier alpha value is -0.670. The summed E-state index contributed by atoms with van der Waals surface area (Å²) < 4.78 is 0. The summed E-state index contributed by atoms with van der Waals surface area (Å²) in [6, 6.07) is 9.54. The molecule has 1 saturated heterocycles. The van der Waals surface area contributed by atoms with Gasteiger partial charge in [0.25, 0.3) is 0 Å². The monoisotopic (exact) mass is 290 g/mol. The summed E-state index contributed by atoms with van der Waals surface area (Å²) in [4.78, 5) is 4.11. The van der Waals surface area contributed by atoms with Gasteiger partial charge in [-0.05, 0) is 37.7 Å². The first-order chi connectivity index (χ1) is 9.78. The molecular formula is C17H26N2S. The van der Waals surface area contributed by atoms with Gasteiger partial charge in [0.2, 0.25) is 0 Å². The Balaban J connectivity index is 1.90. The summed E-state index contributed by atoms with van der Waals surface area (Å²) in [6.45, 7) is 4.63. The summed E-state index contributed by atoms with van der Waals surface area (Å²) in [5.74, 6) is 0. The van der Waals surface area contributed by atoms with E-state index >= 15 is 0 Å². The highest BCUT2D eigenvalue weighted by Crippen LogP contribution is 2.38. The summed E-state index contributed by atoms with van der Waals surface area (Å²) in [7, 11) is 0. The van der Waals surface area contributed by atoms with Gasteiger partial charge in [-0.3, -0.25) is 0 Å². The fourth-order valence-electron chi connectivity index (χ4n) is 3.86. The van der Waals surface area contributed by atoms with E-state index in [2.05, 4.69) is 47.7 Å². The van der Waals surface area contributed by atoms with E-state index in [-0.39, 0.29) is 0 Å². The van der Waals surface area contributed by atoms with E-state index in [1.54, 1.807) is 0 Å². The number of para-hydroxylation sites is 1. The third kappa shape index (κ3) is 2.58. The first kappa shape index (κ1) is 14.3. The van der Waals surface area contributed by atoms with Crippen LogP contribution in [0.1, 0.15) is 39.0 Å². The van der Waals surface area contributed by atoms with E-state index in [1.807, 2.05) is 11.8 Å². The maximum Gasteiger partial charge on any atom is 0.0507 e. The molecule has 2 fully saturated rings. The van der Waals surface area contributed by atoms with Gasteiger partial charge in [-0.1, -0.05) is 31.9 Å². The predicted octanol–water partition coefficient (Wildman–Crippen LogP) is 3.91. The van der Waals surface area contributed by atoms with Gasteiger partial charge in [-0.25, -0.2) is 0 Å². The molecule has 3 heteroatoms. The van der Waals surface area contributed by atoms with Gasteiger partial charge in [0.15, 0.2) is 0 Å². The Morgan fingerprint density at radius 2 is 2.05 bits per heavy atom. The number of piperazine rings is 1. The van der Waals surface area contributed by atoms with Crippen LogP contribution in [0.15, 0.2) is 29.2 Å². The lowest BCUT2D eigenvalue weighted by atomic mass is 9.91. The van der Waals surface area contributed by atoms with E-state index in [1.165, 1.54) is 49.2 Å². The molecule has 0 radical (unpaired) electrons. The van der Waals surface area contributed by atoms with Gasteiger partial charge in [0.1, 0.15) is 0 Å². The second kappa shape index (κ2) is 5.98. The van der Waals surface area contributed by atoms with Crippen molar-refractivity contribution in [2.75, 3.05) is 24.2 Å². The second-order valence-corrected chi connectivity index (χ2v) is 7.08. The SMILES string of the molecule is CCC1CNC2(CCCC2)CN1c1ccccc1SC. The zero-order valence-electron chi connectivity index (χ0n) is 12.7. The first-order valence-corrected chi connectivity index (χ1v) is 9.15. The minimum Gasteiger partial charge on any atom is -0.365 e. The lowest BCUT2D eigenvalue weighted by molar-refractivity contribution is 0.267. The van der Waals surface area contributed by atoms with Crippen LogP contribution in [0.2, 0.25) is 0 Å². The zero-order valence-corrected chi connectivity index (χ0v) is 13.5. The number of hydrogen-bond donors (Lipinski definition) is 1. The van der Waals surface area contributed by atoms with Crippen LogP contribution < -0.4 is 10.2 Å². The highest BCUT2D eigenvalue weighted by atomic mass is 32.2. The van der Waals surface area contributed by atoms with Gasteiger partial charge in [-0.15, -0.1) is 11.8 Å². The molecule has 1 aromatic carbocycles. The van der Waals surface area contributed by atoms with Crippen molar-refractivity contribution in [3.8, 4) is 0 Å². The van der Waals surface area contributed by atoms with E-state index in [0.29, 0.717) is 11.6 Å². The highest BCUT2D eigenvalue weighted by Gasteiger charge is 2.41. The largest absolute Gasteiger partial charge is 0.365 e. The van der Waals surface area contributed by atoms with Crippen molar-refractivity contribution in [1.82, 2.24) is 5.32 Å². The molecule has 1 unspecified atom stereocenters. The maximum atomic E-state index is 3.88. The third-order valence-corrected chi connectivity index (χ3v) is 5.84. The lowest BCUT2D eigenvalue weighted by Gasteiger charge is -2.48. The zero-order chi connectivity index (χ0) is 14.0. The van der Waals surface area contributed by atoms with Gasteiger partial charge < -0.3 is 10.2 Å². The van der Waals surface area contributed by atoms with E-state index < -0.39 is 0 Å². The second-order valence-electron chi connectivity index (χ2n) is 6.23. The van der Waals surface area contributed by atoms with E-state index in [0.717, 1.165) is 6.54 Å². The van der Waals surface area contributed by atoms with Gasteiger partial charge >= 0.3 is 0 Å². The molecule has 2 nitrogen and oxygen atoms in total. The highest BCUT2D eigenvalue weighted by molar-refractivity contribution is 7.98. The fraction of sp³-hybridized carbons (Fsp3) is 0.647. The van der Waals surface area contributed by atoms with Crippen LogP contribution in [-0.4, -0.2) is 30.9 Å². The Labute approximate surface area is 127 Å². The van der Waals surface area contributed by atoms with Crippen molar-refractivity contribution in [3.63, 3.8) is 0 Å². The van der Waals surface area contributed by atoms with Crippen LogP contribution in [0.3, 0.4) is 0 Å². The van der Waals surface area contributed by atoms with Gasteiger partial charge in [0.05, 0.1) is 5.69 Å². The topological polar surface area (TPSA) is 15.3 Å². The predicted molar refractivity (Wildman–Crippen MR) is 88.8 cm³/mol. The first-order valence-electron chi connectivity index (χ1n) is 7.93. The molecule has 1 spiro atoms. The normalized spacial score (nSPS) is 25.3. The minimum absolute atomic E-state index is 0.386. The number of benzene rings is 1. The lowest BCUT2D eigenvalue weighted by Crippen LogP contribution is -2.63. The molecular weight excluding hydrogens is 264 g/mol. The van der Waals surface area contributed by atoms with Crippen LogP contribution in [0, 0.1) is 0 Å². The molecule has 1 atom stereocenters. The number of hydrogen-bond acceptors (Lipinski definition) is 3. The molecule has 1 N–H and O–H groups in total. The number of rotatable bonds is 3. The van der Waals surface area contributed by atoms with Crippen molar-refractivity contribution in [2.45, 2.75) is 55.5 Å². The minimum atomic E-state index is 0.386. The maximum absolute atomic E-state index is 3.88. The van der Waals surface area contributed by atoms with E-state index in [4.69, 9.17) is 0 Å². The third-order valence-electron chi connectivity index (χ3n) is 5.05. The molecule has 2 aliphatic rings. The molecule has 110 valence electrons. The molecule has 20 heavy (non-hydrogen) atoms. The van der Waals surface area contributed by atoms with Gasteiger partial charge in [-0.2, -0.15) is 0 Å². The van der Waals surface area contributed by atoms with Crippen molar-refractivity contribution in [3.05, 3.63) is 24.3 Å². The van der Waals surface area contributed by atoms with Gasteiger partial charge in [0, 0.05) is 29.6 Å². The molecule has 0 aromatic heterocycles. The van der Waals surface area contributed by atoms with Crippen molar-refractivity contribution in [1.29, 1.82) is 0 Å². The van der Waals surface area contributed by atoms with Crippen molar-refractivity contribution in [2.24, 2.45) is 0 Å². The molecule has 0 bridgehead atoms. The number of anilines is 1. The Bertz CT molecular complexity index is 454. The summed E-state index contributed by atoms with van der Waals surface area (Å²) in [6.07, 6.45) is 8.88. The standard InChI is InChI=1S/C17H26N2S/c1-3-14-12-18-17(10-6-7-11-17)13-19(14)15-8-4-5-9-16(15)20-2/h4-5,8-9,14,18H,3,6-7,10-13H2,1-2H3. The Kier molecular flexibility index (Phi) is 4.27. The van der Waals surface area contributed by atoms with Crippen molar-refractivity contribution < 1.29 is 0 Å². The molecule has 1 saturated carbocycles. The van der Waals surface area contributed by atoms with E-state index in [9.17, 15) is 0 Å².